The molecular formula is C17H34IN5O2. The number of halogens is 1. The number of nitrogens with zero attached hydrogens (tertiary/aromatic N) is 4. The first-order valence-corrected chi connectivity index (χ1v) is 9.10. The Balaban J connectivity index is 0.00000312. The van der Waals surface area contributed by atoms with Crippen molar-refractivity contribution in [3.8, 4) is 0 Å². The first-order chi connectivity index (χ1) is 11.6. The molecule has 2 saturated heterocycles. The Bertz CT molecular complexity index is 419. The minimum absolute atomic E-state index is 0. The molecule has 7 nitrogen and oxygen atoms in total. The average Bonchev–Trinajstić information content (AvgIpc) is 2.62. The molecule has 0 radical (unpaired) electrons. The molecule has 0 spiro atoms. The van der Waals surface area contributed by atoms with Crippen molar-refractivity contribution in [2.75, 3.05) is 67.0 Å². The number of carbonyl (C=O) groups is 1. The third-order valence-corrected chi connectivity index (χ3v) is 4.79. The number of rotatable bonds is 5. The van der Waals surface area contributed by atoms with E-state index in [2.05, 4.69) is 20.1 Å². The van der Waals surface area contributed by atoms with Crippen LogP contribution in [-0.4, -0.2) is 99.7 Å². The topological polar surface area (TPSA) is 60.4 Å². The van der Waals surface area contributed by atoms with E-state index in [4.69, 9.17) is 4.74 Å². The first kappa shape index (κ1) is 22.4. The smallest absolute Gasteiger partial charge is 0.223 e. The van der Waals surface area contributed by atoms with E-state index in [9.17, 15) is 4.79 Å². The lowest BCUT2D eigenvalue weighted by Crippen LogP contribution is -2.53. The Morgan fingerprint density at radius 2 is 1.96 bits per heavy atom. The summed E-state index contributed by atoms with van der Waals surface area (Å²) >= 11 is 0. The van der Waals surface area contributed by atoms with Gasteiger partial charge in [0.2, 0.25) is 5.91 Å². The highest BCUT2D eigenvalue weighted by Gasteiger charge is 2.21. The summed E-state index contributed by atoms with van der Waals surface area (Å²) in [6.07, 6.45) is 4.49. The van der Waals surface area contributed by atoms with Gasteiger partial charge >= 0.3 is 0 Å². The predicted molar refractivity (Wildman–Crippen MR) is 112 cm³/mol. The Labute approximate surface area is 169 Å². The van der Waals surface area contributed by atoms with Crippen LogP contribution in [0.3, 0.4) is 0 Å². The number of ether oxygens (including phenoxy) is 1. The van der Waals surface area contributed by atoms with Crippen molar-refractivity contribution in [2.24, 2.45) is 4.99 Å². The molecule has 0 aromatic carbocycles. The molecule has 2 fully saturated rings. The molecule has 2 rings (SSSR count). The SMILES string of the molecule is CN=C(NCC1CCCCO1)N1CCN(CCC(=O)N(C)C)CC1.I. The maximum Gasteiger partial charge on any atom is 0.223 e. The highest BCUT2D eigenvalue weighted by Crippen LogP contribution is 2.12. The largest absolute Gasteiger partial charge is 0.376 e. The van der Waals surface area contributed by atoms with E-state index in [1.807, 2.05) is 21.1 Å². The molecular weight excluding hydrogens is 433 g/mol. The van der Waals surface area contributed by atoms with Gasteiger partial charge in [0.05, 0.1) is 6.10 Å². The fraction of sp³-hybridized carbons (Fsp3) is 0.882. The van der Waals surface area contributed by atoms with Crippen LogP contribution in [0.25, 0.3) is 0 Å². The summed E-state index contributed by atoms with van der Waals surface area (Å²) in [4.78, 5) is 22.4. The van der Waals surface area contributed by atoms with Gasteiger partial charge in [-0.05, 0) is 19.3 Å². The van der Waals surface area contributed by atoms with Crippen LogP contribution >= 0.6 is 24.0 Å². The molecule has 25 heavy (non-hydrogen) atoms. The number of hydrogen-bond acceptors (Lipinski definition) is 4. The van der Waals surface area contributed by atoms with E-state index in [1.54, 1.807) is 4.90 Å². The van der Waals surface area contributed by atoms with Gasteiger partial charge in [0.15, 0.2) is 5.96 Å². The molecule has 0 aliphatic carbocycles. The van der Waals surface area contributed by atoms with Gasteiger partial charge in [-0.25, -0.2) is 0 Å². The summed E-state index contributed by atoms with van der Waals surface area (Å²) in [7, 11) is 5.46. The second-order valence-electron chi connectivity index (χ2n) is 6.78. The van der Waals surface area contributed by atoms with Crippen LogP contribution in [-0.2, 0) is 9.53 Å². The Morgan fingerprint density at radius 1 is 1.24 bits per heavy atom. The van der Waals surface area contributed by atoms with E-state index in [0.29, 0.717) is 12.5 Å². The van der Waals surface area contributed by atoms with E-state index in [1.165, 1.54) is 12.8 Å². The number of guanidine groups is 1. The van der Waals surface area contributed by atoms with Crippen LogP contribution in [0.5, 0.6) is 0 Å². The van der Waals surface area contributed by atoms with Crippen LogP contribution in [0.2, 0.25) is 0 Å². The van der Waals surface area contributed by atoms with Gasteiger partial charge in [0, 0.05) is 73.4 Å². The molecule has 1 unspecified atom stereocenters. The van der Waals surface area contributed by atoms with Crippen molar-refractivity contribution in [3.63, 3.8) is 0 Å². The maximum absolute atomic E-state index is 11.7. The summed E-state index contributed by atoms with van der Waals surface area (Å²) in [6.45, 7) is 6.40. The van der Waals surface area contributed by atoms with Crippen molar-refractivity contribution in [2.45, 2.75) is 31.8 Å². The normalized spacial score (nSPS) is 22.3. The van der Waals surface area contributed by atoms with Gasteiger partial charge in [-0.3, -0.25) is 14.7 Å². The van der Waals surface area contributed by atoms with Crippen molar-refractivity contribution in [3.05, 3.63) is 0 Å². The molecule has 2 heterocycles. The van der Waals surface area contributed by atoms with Crippen molar-refractivity contribution < 1.29 is 9.53 Å². The van der Waals surface area contributed by atoms with E-state index < -0.39 is 0 Å². The van der Waals surface area contributed by atoms with Crippen LogP contribution in [0.4, 0.5) is 0 Å². The molecule has 1 amide bonds. The van der Waals surface area contributed by atoms with E-state index >= 15 is 0 Å². The Kier molecular flexibility index (Phi) is 10.7. The zero-order valence-electron chi connectivity index (χ0n) is 15.9. The standard InChI is InChI=1S/C17H33N5O2.HI/c1-18-17(19-14-15-6-4-5-13-24-15)22-11-9-21(10-12-22)8-7-16(23)20(2)3;/h15H,4-14H2,1-3H3,(H,18,19);1H. The lowest BCUT2D eigenvalue weighted by Gasteiger charge is -2.37. The quantitative estimate of drug-likeness (QED) is 0.369. The summed E-state index contributed by atoms with van der Waals surface area (Å²) in [6, 6.07) is 0. The predicted octanol–water partition coefficient (Wildman–Crippen LogP) is 0.845. The maximum atomic E-state index is 11.7. The van der Waals surface area contributed by atoms with Gasteiger partial charge in [-0.2, -0.15) is 0 Å². The highest BCUT2D eigenvalue weighted by atomic mass is 127. The molecule has 0 bridgehead atoms. The number of nitrogens with one attached hydrogen (secondary N) is 1. The third kappa shape index (κ3) is 7.65. The Morgan fingerprint density at radius 3 is 2.52 bits per heavy atom. The van der Waals surface area contributed by atoms with Gasteiger partial charge in [-0.15, -0.1) is 24.0 Å². The van der Waals surface area contributed by atoms with E-state index in [-0.39, 0.29) is 29.9 Å². The number of hydrogen-bond donors (Lipinski definition) is 1. The van der Waals surface area contributed by atoms with Crippen molar-refractivity contribution in [1.82, 2.24) is 20.0 Å². The summed E-state index contributed by atoms with van der Waals surface area (Å²) in [5.41, 5.74) is 0. The molecule has 1 N–H and O–H groups in total. The number of piperazine rings is 1. The fourth-order valence-corrected chi connectivity index (χ4v) is 3.17. The summed E-state index contributed by atoms with van der Waals surface area (Å²) in [5, 5.41) is 3.46. The fourth-order valence-electron chi connectivity index (χ4n) is 3.17. The lowest BCUT2D eigenvalue weighted by atomic mass is 10.1. The molecule has 0 aromatic heterocycles. The monoisotopic (exact) mass is 467 g/mol. The molecule has 0 aromatic rings. The number of aliphatic imine (C=N–C) groups is 1. The van der Waals surface area contributed by atoms with Gasteiger partial charge < -0.3 is 19.9 Å². The number of carbonyl (C=O) groups excluding carboxylic acids is 1. The minimum atomic E-state index is 0. The summed E-state index contributed by atoms with van der Waals surface area (Å²) < 4.78 is 5.77. The lowest BCUT2D eigenvalue weighted by molar-refractivity contribution is -0.129. The van der Waals surface area contributed by atoms with Crippen LogP contribution < -0.4 is 5.32 Å². The van der Waals surface area contributed by atoms with Crippen LogP contribution in [0, 0.1) is 0 Å². The van der Waals surface area contributed by atoms with Gasteiger partial charge in [0.25, 0.3) is 0 Å². The molecule has 1 atom stereocenters. The second kappa shape index (κ2) is 11.9. The zero-order chi connectivity index (χ0) is 17.4. The van der Waals surface area contributed by atoms with E-state index in [0.717, 1.165) is 58.3 Å². The molecule has 0 saturated carbocycles. The molecule has 2 aliphatic rings. The molecule has 146 valence electrons. The minimum Gasteiger partial charge on any atom is -0.376 e. The zero-order valence-corrected chi connectivity index (χ0v) is 18.2. The highest BCUT2D eigenvalue weighted by molar-refractivity contribution is 14.0. The average molecular weight is 467 g/mol. The molecule has 2 aliphatic heterocycles. The number of amides is 1. The van der Waals surface area contributed by atoms with Gasteiger partial charge in [-0.1, -0.05) is 0 Å². The first-order valence-electron chi connectivity index (χ1n) is 9.10. The van der Waals surface area contributed by atoms with Crippen LogP contribution in [0.1, 0.15) is 25.7 Å². The summed E-state index contributed by atoms with van der Waals surface area (Å²) in [5.74, 6) is 1.16. The molecule has 8 heteroatoms. The Hall–Kier alpha value is -0.610. The van der Waals surface area contributed by atoms with Crippen molar-refractivity contribution >= 4 is 35.8 Å². The second-order valence-corrected chi connectivity index (χ2v) is 6.78. The third-order valence-electron chi connectivity index (χ3n) is 4.79. The van der Waals surface area contributed by atoms with Crippen LogP contribution in [0.15, 0.2) is 4.99 Å². The van der Waals surface area contributed by atoms with Gasteiger partial charge in [0.1, 0.15) is 0 Å². The van der Waals surface area contributed by atoms with Crippen molar-refractivity contribution in [1.29, 1.82) is 0 Å².